The van der Waals surface area contributed by atoms with Crippen LogP contribution in [0.15, 0.2) is 50.1 Å². The molecule has 0 aliphatic carbocycles. The molecule has 0 unspecified atom stereocenters. The van der Waals surface area contributed by atoms with Crippen molar-refractivity contribution in [1.82, 2.24) is 0 Å². The van der Waals surface area contributed by atoms with E-state index in [4.69, 9.17) is 0 Å². The van der Waals surface area contributed by atoms with Crippen molar-refractivity contribution in [2.24, 2.45) is 0 Å². The molecule has 0 aliphatic heterocycles. The van der Waals surface area contributed by atoms with Crippen molar-refractivity contribution in [3.63, 3.8) is 0 Å². The zero-order valence-corrected chi connectivity index (χ0v) is 15.0. The fourth-order valence-electron chi connectivity index (χ4n) is 2.51. The number of phenolic OH excluding ortho intramolecular Hbond substituents is 1. The number of benzene rings is 1. The molecule has 1 aromatic rings. The Bertz CT molecular complexity index is 601. The molecule has 120 valence electrons. The molecule has 1 heteroatoms. The van der Waals surface area contributed by atoms with Gasteiger partial charge >= 0.3 is 0 Å². The van der Waals surface area contributed by atoms with E-state index in [1.54, 1.807) is 0 Å². The van der Waals surface area contributed by atoms with Crippen LogP contribution in [-0.2, 0) is 16.2 Å². The van der Waals surface area contributed by atoms with Crippen molar-refractivity contribution in [3.8, 4) is 5.75 Å². The average Bonchev–Trinajstić information content (AvgIpc) is 2.45. The lowest BCUT2D eigenvalue weighted by molar-refractivity contribution is 0.446. The van der Waals surface area contributed by atoms with E-state index in [-0.39, 0.29) is 16.2 Å². The van der Waals surface area contributed by atoms with Gasteiger partial charge in [0.25, 0.3) is 0 Å². The second kappa shape index (κ2) is 5.79. The number of rotatable bonds is 6. The van der Waals surface area contributed by atoms with Crippen LogP contribution in [0.1, 0.15) is 58.2 Å². The minimum Gasteiger partial charge on any atom is -0.508 e. The summed E-state index contributed by atoms with van der Waals surface area (Å²) < 4.78 is 0. The van der Waals surface area contributed by atoms with Gasteiger partial charge in [0.05, 0.1) is 0 Å². The summed E-state index contributed by atoms with van der Waals surface area (Å²) in [4.78, 5) is 0. The van der Waals surface area contributed by atoms with Crippen LogP contribution in [0.4, 0.5) is 0 Å². The largest absolute Gasteiger partial charge is 0.508 e. The highest BCUT2D eigenvalue weighted by Gasteiger charge is 2.32. The van der Waals surface area contributed by atoms with E-state index in [0.29, 0.717) is 5.75 Å². The van der Waals surface area contributed by atoms with Crippen molar-refractivity contribution >= 4 is 0 Å². The van der Waals surface area contributed by atoms with Crippen LogP contribution >= 0.6 is 0 Å². The molecule has 0 fully saturated rings. The Kier molecular flexibility index (Phi) is 4.82. The van der Waals surface area contributed by atoms with E-state index < -0.39 is 0 Å². The third-order valence-electron chi connectivity index (χ3n) is 4.73. The summed E-state index contributed by atoms with van der Waals surface area (Å²) in [7, 11) is 0. The standard InChI is InChI=1S/C21H30O/c1-10-19(4,5)15-13-16(20(6,7)11-2)18(17(22)14-15)21(8,9)12-3/h10-14,22H,1-3H2,4-9H3. The molecule has 0 radical (unpaired) electrons. The van der Waals surface area contributed by atoms with E-state index in [9.17, 15) is 5.11 Å². The number of aromatic hydroxyl groups is 1. The van der Waals surface area contributed by atoms with Gasteiger partial charge < -0.3 is 5.11 Å². The first-order valence-corrected chi connectivity index (χ1v) is 7.72. The minimum absolute atomic E-state index is 0.208. The first-order chi connectivity index (χ1) is 9.93. The number of phenols is 1. The number of hydrogen-bond acceptors (Lipinski definition) is 1. The smallest absolute Gasteiger partial charge is 0.120 e. The number of allylic oxidation sites excluding steroid dienone is 3. The van der Waals surface area contributed by atoms with E-state index in [2.05, 4.69) is 67.3 Å². The maximum atomic E-state index is 10.7. The molecule has 0 heterocycles. The molecule has 1 N–H and O–H groups in total. The van der Waals surface area contributed by atoms with Gasteiger partial charge in [-0.05, 0) is 17.2 Å². The number of hydrogen-bond donors (Lipinski definition) is 1. The van der Waals surface area contributed by atoms with E-state index in [1.165, 1.54) is 0 Å². The van der Waals surface area contributed by atoms with E-state index >= 15 is 0 Å². The van der Waals surface area contributed by atoms with Gasteiger partial charge in [-0.1, -0.05) is 65.8 Å². The summed E-state index contributed by atoms with van der Waals surface area (Å²) >= 11 is 0. The van der Waals surface area contributed by atoms with Crippen LogP contribution in [0.3, 0.4) is 0 Å². The van der Waals surface area contributed by atoms with Gasteiger partial charge in [-0.25, -0.2) is 0 Å². The van der Waals surface area contributed by atoms with Gasteiger partial charge in [-0.3, -0.25) is 0 Å². The zero-order chi connectivity index (χ0) is 17.3. The van der Waals surface area contributed by atoms with Crippen molar-refractivity contribution in [3.05, 3.63) is 66.8 Å². The average molecular weight is 298 g/mol. The quantitative estimate of drug-likeness (QED) is 0.660. The highest BCUT2D eigenvalue weighted by atomic mass is 16.3. The summed E-state index contributed by atoms with van der Waals surface area (Å²) in [5.41, 5.74) is 2.26. The van der Waals surface area contributed by atoms with Crippen LogP contribution in [0.5, 0.6) is 5.75 Å². The molecule has 0 saturated heterocycles. The summed E-state index contributed by atoms with van der Waals surface area (Å²) in [5.74, 6) is 0.308. The molecule has 0 atom stereocenters. The van der Waals surface area contributed by atoms with Crippen molar-refractivity contribution in [2.75, 3.05) is 0 Å². The van der Waals surface area contributed by atoms with Crippen LogP contribution in [0, 0.1) is 0 Å². The molecular weight excluding hydrogens is 268 g/mol. The monoisotopic (exact) mass is 298 g/mol. The minimum atomic E-state index is -0.323. The molecule has 0 amide bonds. The Morgan fingerprint density at radius 1 is 0.773 bits per heavy atom. The van der Waals surface area contributed by atoms with Gasteiger partial charge in [0.1, 0.15) is 5.75 Å². The van der Waals surface area contributed by atoms with Gasteiger partial charge in [0.2, 0.25) is 0 Å². The molecule has 0 bridgehead atoms. The normalized spacial score (nSPS) is 12.8. The predicted octanol–water partition coefficient (Wildman–Crippen LogP) is 5.78. The Balaban J connectivity index is 3.85. The molecule has 1 aromatic carbocycles. The Labute approximate surface area is 136 Å². The van der Waals surface area contributed by atoms with Crippen molar-refractivity contribution < 1.29 is 5.11 Å². The summed E-state index contributed by atoms with van der Waals surface area (Å²) in [6.45, 7) is 24.4. The van der Waals surface area contributed by atoms with Crippen LogP contribution in [0.2, 0.25) is 0 Å². The van der Waals surface area contributed by atoms with Crippen molar-refractivity contribution in [1.29, 1.82) is 0 Å². The molecule has 22 heavy (non-hydrogen) atoms. The second-order valence-electron chi connectivity index (χ2n) is 7.70. The molecular formula is C21H30O. The van der Waals surface area contributed by atoms with E-state index in [0.717, 1.165) is 16.7 Å². The Morgan fingerprint density at radius 3 is 1.64 bits per heavy atom. The Hall–Kier alpha value is -1.76. The van der Waals surface area contributed by atoms with Crippen LogP contribution < -0.4 is 0 Å². The van der Waals surface area contributed by atoms with E-state index in [1.807, 2.05) is 24.3 Å². The molecule has 0 aromatic heterocycles. The SMILES string of the molecule is C=CC(C)(C)c1cc(O)c(C(C)(C)C=C)c(C(C)(C)C=C)c1. The summed E-state index contributed by atoms with van der Waals surface area (Å²) in [6, 6.07) is 4.02. The lowest BCUT2D eigenvalue weighted by Crippen LogP contribution is -2.25. The van der Waals surface area contributed by atoms with Crippen LogP contribution in [-0.4, -0.2) is 5.11 Å². The highest BCUT2D eigenvalue weighted by Crippen LogP contribution is 2.43. The van der Waals surface area contributed by atoms with Gasteiger partial charge in [-0.2, -0.15) is 0 Å². The molecule has 0 aliphatic rings. The Morgan fingerprint density at radius 2 is 1.23 bits per heavy atom. The molecule has 1 nitrogen and oxygen atoms in total. The summed E-state index contributed by atoms with van der Waals surface area (Å²) in [5, 5.41) is 10.7. The first-order valence-electron chi connectivity index (χ1n) is 7.72. The topological polar surface area (TPSA) is 20.2 Å². The molecule has 1 rings (SSSR count). The fourth-order valence-corrected chi connectivity index (χ4v) is 2.51. The lowest BCUT2D eigenvalue weighted by atomic mass is 9.70. The van der Waals surface area contributed by atoms with Crippen LogP contribution in [0.25, 0.3) is 0 Å². The third kappa shape index (κ3) is 3.19. The fraction of sp³-hybridized carbons (Fsp3) is 0.429. The van der Waals surface area contributed by atoms with Gasteiger partial charge in [0.15, 0.2) is 0 Å². The highest BCUT2D eigenvalue weighted by molar-refractivity contribution is 5.54. The summed E-state index contributed by atoms with van der Waals surface area (Å²) in [6.07, 6.45) is 5.71. The van der Waals surface area contributed by atoms with Gasteiger partial charge in [-0.15, -0.1) is 19.7 Å². The maximum Gasteiger partial charge on any atom is 0.120 e. The third-order valence-corrected chi connectivity index (χ3v) is 4.73. The maximum absolute atomic E-state index is 10.7. The zero-order valence-electron chi connectivity index (χ0n) is 15.0. The molecule has 0 spiro atoms. The molecule has 0 saturated carbocycles. The van der Waals surface area contributed by atoms with Crippen molar-refractivity contribution in [2.45, 2.75) is 57.8 Å². The predicted molar refractivity (Wildman–Crippen MR) is 97.8 cm³/mol. The first kappa shape index (κ1) is 18.3. The lowest BCUT2D eigenvalue weighted by Gasteiger charge is -2.34. The second-order valence-corrected chi connectivity index (χ2v) is 7.70. The van der Waals surface area contributed by atoms with Gasteiger partial charge in [0, 0.05) is 21.8 Å².